The van der Waals surface area contributed by atoms with Gasteiger partial charge in [-0.05, 0) is 31.0 Å². The summed E-state index contributed by atoms with van der Waals surface area (Å²) in [7, 11) is 0. The molecular weight excluding hydrogens is 262 g/mol. The lowest BCUT2D eigenvalue weighted by atomic mass is 10.1. The maximum absolute atomic E-state index is 9.33. The van der Waals surface area contributed by atoms with Crippen LogP contribution in [0, 0.1) is 5.92 Å². The Morgan fingerprint density at radius 2 is 2.21 bits per heavy atom. The molecule has 1 aromatic heterocycles. The van der Waals surface area contributed by atoms with Crippen LogP contribution in [0.25, 0.3) is 11.0 Å². The van der Waals surface area contributed by atoms with Gasteiger partial charge in [0.1, 0.15) is 5.82 Å². The van der Waals surface area contributed by atoms with E-state index in [0.29, 0.717) is 17.0 Å². The van der Waals surface area contributed by atoms with Crippen molar-refractivity contribution in [2.24, 2.45) is 5.92 Å². The second-order valence-electron chi connectivity index (χ2n) is 5.01. The van der Waals surface area contributed by atoms with E-state index in [-0.39, 0.29) is 6.61 Å². The molecule has 1 fully saturated rings. The second-order valence-corrected chi connectivity index (χ2v) is 5.45. The van der Waals surface area contributed by atoms with Crippen molar-refractivity contribution in [1.82, 2.24) is 9.97 Å². The third kappa shape index (κ3) is 2.65. The zero-order valence-electron chi connectivity index (χ0n) is 10.5. The molecule has 0 radical (unpaired) electrons. The topological polar surface area (TPSA) is 58.0 Å². The van der Waals surface area contributed by atoms with E-state index in [1.165, 1.54) is 0 Å². The first kappa shape index (κ1) is 12.6. The highest BCUT2D eigenvalue weighted by atomic mass is 35.5. The van der Waals surface area contributed by atoms with E-state index in [1.807, 2.05) is 12.1 Å². The quantitative estimate of drug-likeness (QED) is 0.906. The van der Waals surface area contributed by atoms with Crippen LogP contribution in [0.2, 0.25) is 5.02 Å². The zero-order valence-corrected chi connectivity index (χ0v) is 11.3. The average molecular weight is 278 g/mol. The molecule has 1 aromatic carbocycles. The number of nitrogens with zero attached hydrogens (tertiary/aromatic N) is 2. The molecule has 100 valence electrons. The first-order valence-corrected chi connectivity index (χ1v) is 6.94. The highest BCUT2D eigenvalue weighted by Gasteiger charge is 2.26. The molecule has 2 aromatic rings. The number of halogens is 1. The van der Waals surface area contributed by atoms with Gasteiger partial charge in [-0.15, -0.1) is 0 Å². The summed E-state index contributed by atoms with van der Waals surface area (Å²) in [5, 5.41) is 13.4. The maximum atomic E-state index is 9.33. The van der Waals surface area contributed by atoms with Crippen LogP contribution in [0.3, 0.4) is 0 Å². The third-order valence-electron chi connectivity index (χ3n) is 3.73. The predicted molar refractivity (Wildman–Crippen MR) is 76.4 cm³/mol. The van der Waals surface area contributed by atoms with E-state index in [4.69, 9.17) is 11.6 Å². The average Bonchev–Trinajstić information content (AvgIpc) is 2.86. The van der Waals surface area contributed by atoms with Gasteiger partial charge in [-0.3, -0.25) is 4.98 Å². The molecular formula is C14H16ClN3O. The van der Waals surface area contributed by atoms with Gasteiger partial charge >= 0.3 is 0 Å². The zero-order chi connectivity index (χ0) is 13.2. The minimum absolute atomic E-state index is 0.230. The van der Waals surface area contributed by atoms with Crippen molar-refractivity contribution in [1.29, 1.82) is 0 Å². The lowest BCUT2D eigenvalue weighted by molar-refractivity contribution is 0.222. The van der Waals surface area contributed by atoms with Gasteiger partial charge in [0.2, 0.25) is 0 Å². The number of anilines is 1. The van der Waals surface area contributed by atoms with E-state index in [1.54, 1.807) is 12.3 Å². The van der Waals surface area contributed by atoms with Gasteiger partial charge in [0, 0.05) is 23.6 Å². The first-order valence-electron chi connectivity index (χ1n) is 6.56. The van der Waals surface area contributed by atoms with Gasteiger partial charge in [-0.25, -0.2) is 4.98 Å². The fourth-order valence-electron chi connectivity index (χ4n) is 2.69. The van der Waals surface area contributed by atoms with Crippen molar-refractivity contribution < 1.29 is 5.11 Å². The summed E-state index contributed by atoms with van der Waals surface area (Å²) in [4.78, 5) is 8.90. The van der Waals surface area contributed by atoms with Crippen LogP contribution in [-0.2, 0) is 0 Å². The molecule has 2 atom stereocenters. The molecule has 1 aliphatic rings. The lowest BCUT2D eigenvalue weighted by Gasteiger charge is -2.19. The Morgan fingerprint density at radius 1 is 1.32 bits per heavy atom. The molecule has 5 heteroatoms. The number of fused-ring (bicyclic) bond motifs is 1. The van der Waals surface area contributed by atoms with E-state index in [0.717, 1.165) is 36.1 Å². The van der Waals surface area contributed by atoms with Gasteiger partial charge in [-0.2, -0.15) is 0 Å². The van der Waals surface area contributed by atoms with Crippen LogP contribution >= 0.6 is 11.6 Å². The number of rotatable bonds is 3. The van der Waals surface area contributed by atoms with E-state index >= 15 is 0 Å². The summed E-state index contributed by atoms with van der Waals surface area (Å²) in [6.07, 6.45) is 5.03. The van der Waals surface area contributed by atoms with E-state index < -0.39 is 0 Å². The van der Waals surface area contributed by atoms with Crippen molar-refractivity contribution in [2.45, 2.75) is 25.3 Å². The number of hydrogen-bond acceptors (Lipinski definition) is 4. The normalized spacial score (nSPS) is 22.8. The van der Waals surface area contributed by atoms with Crippen LogP contribution in [0.5, 0.6) is 0 Å². The number of hydrogen-bond donors (Lipinski definition) is 2. The fraction of sp³-hybridized carbons (Fsp3) is 0.429. The van der Waals surface area contributed by atoms with Gasteiger partial charge < -0.3 is 10.4 Å². The van der Waals surface area contributed by atoms with Crippen molar-refractivity contribution in [3.63, 3.8) is 0 Å². The minimum atomic E-state index is 0.230. The molecule has 4 nitrogen and oxygen atoms in total. The van der Waals surface area contributed by atoms with Gasteiger partial charge in [0.15, 0.2) is 0 Å². The smallest absolute Gasteiger partial charge is 0.145 e. The predicted octanol–water partition coefficient (Wildman–Crippen LogP) is 2.86. The van der Waals surface area contributed by atoms with Crippen molar-refractivity contribution >= 4 is 28.5 Å². The Balaban J connectivity index is 1.83. The monoisotopic (exact) mass is 277 g/mol. The Hall–Kier alpha value is -1.39. The Bertz CT molecular complexity index is 590. The highest BCUT2D eigenvalue weighted by molar-refractivity contribution is 6.31. The molecule has 1 heterocycles. The maximum Gasteiger partial charge on any atom is 0.145 e. The molecule has 0 amide bonds. The number of aliphatic hydroxyl groups is 1. The molecule has 3 rings (SSSR count). The molecule has 0 unspecified atom stereocenters. The van der Waals surface area contributed by atoms with Crippen molar-refractivity contribution in [3.05, 3.63) is 29.4 Å². The minimum Gasteiger partial charge on any atom is -0.396 e. The van der Waals surface area contributed by atoms with Crippen LogP contribution in [-0.4, -0.2) is 27.7 Å². The van der Waals surface area contributed by atoms with Crippen LogP contribution in [0.15, 0.2) is 24.4 Å². The number of aliphatic hydroxyl groups excluding tert-OH is 1. The standard InChI is InChI=1S/C14H16ClN3O/c15-10-4-5-12-13(6-10)16-7-14(18-12)17-11-3-1-2-9(11)8-19/h4-7,9,11,19H,1-3,8H2,(H,17,18)/t9-,11-/m0/s1. The third-order valence-corrected chi connectivity index (χ3v) is 3.97. The Labute approximate surface area is 116 Å². The Morgan fingerprint density at radius 3 is 3.05 bits per heavy atom. The van der Waals surface area contributed by atoms with Crippen LogP contribution in [0.1, 0.15) is 19.3 Å². The summed E-state index contributed by atoms with van der Waals surface area (Å²) >= 11 is 5.92. The summed E-state index contributed by atoms with van der Waals surface area (Å²) in [5.74, 6) is 1.09. The van der Waals surface area contributed by atoms with Crippen molar-refractivity contribution in [3.8, 4) is 0 Å². The van der Waals surface area contributed by atoms with Crippen molar-refractivity contribution in [2.75, 3.05) is 11.9 Å². The number of nitrogens with one attached hydrogen (secondary N) is 1. The molecule has 0 spiro atoms. The largest absolute Gasteiger partial charge is 0.396 e. The van der Waals surface area contributed by atoms with Crippen LogP contribution in [0.4, 0.5) is 5.82 Å². The first-order chi connectivity index (χ1) is 9.26. The fourth-order valence-corrected chi connectivity index (χ4v) is 2.86. The number of aromatic nitrogens is 2. The molecule has 19 heavy (non-hydrogen) atoms. The van der Waals surface area contributed by atoms with Gasteiger partial charge in [0.05, 0.1) is 17.2 Å². The van der Waals surface area contributed by atoms with Gasteiger partial charge in [0.25, 0.3) is 0 Å². The number of benzene rings is 1. The Kier molecular flexibility index (Phi) is 3.53. The van der Waals surface area contributed by atoms with E-state index in [9.17, 15) is 5.11 Å². The molecule has 0 aliphatic heterocycles. The molecule has 0 saturated heterocycles. The molecule has 2 N–H and O–H groups in total. The lowest BCUT2D eigenvalue weighted by Crippen LogP contribution is -2.26. The summed E-state index contributed by atoms with van der Waals surface area (Å²) in [5.41, 5.74) is 1.62. The van der Waals surface area contributed by atoms with Gasteiger partial charge in [-0.1, -0.05) is 18.0 Å². The SMILES string of the molecule is OC[C@@H]1CCC[C@@H]1Nc1cnc2cc(Cl)ccc2n1. The van der Waals surface area contributed by atoms with Crippen LogP contribution < -0.4 is 5.32 Å². The molecule has 0 bridgehead atoms. The molecule has 1 aliphatic carbocycles. The summed E-state index contributed by atoms with van der Waals surface area (Å²) in [6, 6.07) is 5.78. The highest BCUT2D eigenvalue weighted by Crippen LogP contribution is 2.28. The second kappa shape index (κ2) is 5.31. The summed E-state index contributed by atoms with van der Waals surface area (Å²) < 4.78 is 0. The van der Waals surface area contributed by atoms with E-state index in [2.05, 4.69) is 15.3 Å². The molecule has 1 saturated carbocycles. The summed E-state index contributed by atoms with van der Waals surface area (Å²) in [6.45, 7) is 0.230.